The zero-order valence-electron chi connectivity index (χ0n) is 9.83. The molecule has 1 atom stereocenters. The van der Waals surface area contributed by atoms with Crippen LogP contribution in [0.4, 0.5) is 5.95 Å². The average molecular weight is 244 g/mol. The van der Waals surface area contributed by atoms with Gasteiger partial charge in [-0.15, -0.1) is 0 Å². The first-order chi connectivity index (χ1) is 8.59. The molecular weight excluding hydrogens is 232 g/mol. The predicted molar refractivity (Wildman–Crippen MR) is 65.6 cm³/mol. The van der Waals surface area contributed by atoms with Crippen LogP contribution in [-0.4, -0.2) is 33.3 Å². The number of likely N-dealkylation sites (N-methyl/N-ethyl adjacent to an activating group) is 1. The van der Waals surface area contributed by atoms with Crippen LogP contribution in [-0.2, 0) is 9.59 Å². The number of anilines is 1. The van der Waals surface area contributed by atoms with Crippen molar-refractivity contribution in [2.75, 3.05) is 12.8 Å². The molecule has 0 spiro atoms. The number of hydrogen-bond donors (Lipinski definition) is 1. The molecule has 2 heterocycles. The number of carbonyl (C=O) groups excluding carboxylic acids is 2. The fourth-order valence-electron chi connectivity index (χ4n) is 2.33. The van der Waals surface area contributed by atoms with Crippen molar-refractivity contribution in [2.24, 2.45) is 0 Å². The molecule has 1 aliphatic heterocycles. The second kappa shape index (κ2) is 3.56. The van der Waals surface area contributed by atoms with Crippen LogP contribution in [0.25, 0.3) is 11.0 Å². The second-order valence-corrected chi connectivity index (χ2v) is 4.34. The monoisotopic (exact) mass is 244 g/mol. The summed E-state index contributed by atoms with van der Waals surface area (Å²) in [5.41, 5.74) is 7.36. The maximum absolute atomic E-state index is 12.0. The van der Waals surface area contributed by atoms with Gasteiger partial charge in [-0.25, -0.2) is 4.98 Å². The fraction of sp³-hybridized carbons (Fsp3) is 0.250. The van der Waals surface area contributed by atoms with Crippen molar-refractivity contribution < 1.29 is 9.59 Å². The normalized spacial score (nSPS) is 20.1. The smallest absolute Gasteiger partial charge is 0.252 e. The summed E-state index contributed by atoms with van der Waals surface area (Å²) in [5.74, 6) is -0.172. The lowest BCUT2D eigenvalue weighted by atomic mass is 10.2. The number of nitrogen functional groups attached to an aromatic ring is 1. The molecule has 18 heavy (non-hydrogen) atoms. The van der Waals surface area contributed by atoms with E-state index >= 15 is 0 Å². The van der Waals surface area contributed by atoms with Gasteiger partial charge >= 0.3 is 0 Å². The van der Waals surface area contributed by atoms with Gasteiger partial charge in [-0.05, 0) is 12.1 Å². The summed E-state index contributed by atoms with van der Waals surface area (Å²) in [4.78, 5) is 28.9. The third-order valence-corrected chi connectivity index (χ3v) is 3.29. The van der Waals surface area contributed by atoms with Crippen LogP contribution in [0.1, 0.15) is 12.5 Å². The van der Waals surface area contributed by atoms with Gasteiger partial charge in [-0.1, -0.05) is 12.1 Å². The van der Waals surface area contributed by atoms with Gasteiger partial charge in [0.15, 0.2) is 0 Å². The minimum Gasteiger partial charge on any atom is -0.369 e. The molecule has 1 aliphatic rings. The first-order valence-electron chi connectivity index (χ1n) is 5.62. The molecule has 1 aromatic heterocycles. The summed E-state index contributed by atoms with van der Waals surface area (Å²) in [6.07, 6.45) is 0.139. The standard InChI is InChI=1S/C12H12N4O2/c1-15-10(17)6-9(11(15)18)16-8-5-3-2-4-7(8)14-12(16)13/h2-5,9H,6H2,1H3,(H2,13,14). The van der Waals surface area contributed by atoms with Gasteiger partial charge in [-0.3, -0.25) is 19.1 Å². The first kappa shape index (κ1) is 10.8. The third-order valence-electron chi connectivity index (χ3n) is 3.29. The molecule has 6 heteroatoms. The number of fused-ring (bicyclic) bond motifs is 1. The Morgan fingerprint density at radius 2 is 2.06 bits per heavy atom. The highest BCUT2D eigenvalue weighted by Crippen LogP contribution is 2.30. The van der Waals surface area contributed by atoms with E-state index in [9.17, 15) is 9.59 Å². The Kier molecular flexibility index (Phi) is 2.13. The topological polar surface area (TPSA) is 81.2 Å². The molecule has 3 rings (SSSR count). The Bertz CT molecular complexity index is 661. The van der Waals surface area contributed by atoms with Crippen LogP contribution in [0.3, 0.4) is 0 Å². The highest BCUT2D eigenvalue weighted by atomic mass is 16.2. The molecule has 2 N–H and O–H groups in total. The summed E-state index contributed by atoms with van der Waals surface area (Å²) in [6, 6.07) is 6.80. The highest BCUT2D eigenvalue weighted by Gasteiger charge is 2.38. The van der Waals surface area contributed by atoms with E-state index in [4.69, 9.17) is 5.73 Å². The van der Waals surface area contributed by atoms with Gasteiger partial charge < -0.3 is 5.73 Å². The minimum atomic E-state index is -0.574. The molecule has 1 unspecified atom stereocenters. The zero-order chi connectivity index (χ0) is 12.9. The Labute approximate surface area is 103 Å². The summed E-state index contributed by atoms with van der Waals surface area (Å²) in [5, 5.41) is 0. The molecule has 1 fully saturated rings. The van der Waals surface area contributed by atoms with E-state index in [-0.39, 0.29) is 24.2 Å². The molecule has 0 radical (unpaired) electrons. The van der Waals surface area contributed by atoms with Crippen molar-refractivity contribution in [3.8, 4) is 0 Å². The van der Waals surface area contributed by atoms with E-state index in [1.807, 2.05) is 24.3 Å². The van der Waals surface area contributed by atoms with Gasteiger partial charge in [-0.2, -0.15) is 0 Å². The van der Waals surface area contributed by atoms with Crippen molar-refractivity contribution in [2.45, 2.75) is 12.5 Å². The number of para-hydroxylation sites is 2. The maximum Gasteiger partial charge on any atom is 0.252 e. The van der Waals surface area contributed by atoms with Crippen LogP contribution < -0.4 is 5.73 Å². The summed E-state index contributed by atoms with van der Waals surface area (Å²) in [6.45, 7) is 0. The van der Waals surface area contributed by atoms with E-state index in [2.05, 4.69) is 4.98 Å². The van der Waals surface area contributed by atoms with Crippen molar-refractivity contribution in [3.63, 3.8) is 0 Å². The van der Waals surface area contributed by atoms with Crippen molar-refractivity contribution in [1.82, 2.24) is 14.5 Å². The zero-order valence-corrected chi connectivity index (χ0v) is 9.83. The molecule has 0 bridgehead atoms. The summed E-state index contributed by atoms with van der Waals surface area (Å²) >= 11 is 0. The number of imide groups is 1. The molecule has 2 amide bonds. The van der Waals surface area contributed by atoms with Gasteiger partial charge in [0.25, 0.3) is 5.91 Å². The number of carbonyl (C=O) groups is 2. The minimum absolute atomic E-state index is 0.139. The molecule has 1 aromatic carbocycles. The summed E-state index contributed by atoms with van der Waals surface area (Å²) < 4.78 is 1.64. The van der Waals surface area contributed by atoms with E-state index in [1.54, 1.807) is 4.57 Å². The molecule has 0 aliphatic carbocycles. The van der Waals surface area contributed by atoms with Crippen molar-refractivity contribution >= 4 is 28.8 Å². The Morgan fingerprint density at radius 1 is 1.33 bits per heavy atom. The number of amides is 2. The quantitative estimate of drug-likeness (QED) is 0.743. The van der Waals surface area contributed by atoms with Crippen molar-refractivity contribution in [1.29, 1.82) is 0 Å². The number of hydrogen-bond acceptors (Lipinski definition) is 4. The number of nitrogens with two attached hydrogens (primary N) is 1. The van der Waals surface area contributed by atoms with Gasteiger partial charge in [0, 0.05) is 7.05 Å². The second-order valence-electron chi connectivity index (χ2n) is 4.34. The largest absolute Gasteiger partial charge is 0.369 e. The first-order valence-corrected chi connectivity index (χ1v) is 5.62. The molecule has 6 nitrogen and oxygen atoms in total. The highest BCUT2D eigenvalue weighted by molar-refractivity contribution is 6.05. The number of nitrogens with zero attached hydrogens (tertiary/aromatic N) is 3. The van der Waals surface area contributed by atoms with Crippen molar-refractivity contribution in [3.05, 3.63) is 24.3 Å². The van der Waals surface area contributed by atoms with E-state index in [0.29, 0.717) is 0 Å². The van der Waals surface area contributed by atoms with E-state index in [1.165, 1.54) is 7.05 Å². The SMILES string of the molecule is CN1C(=O)CC(n2c(N)nc3ccccc32)C1=O. The van der Waals surface area contributed by atoms with Crippen LogP contribution in [0.5, 0.6) is 0 Å². The van der Waals surface area contributed by atoms with Crippen LogP contribution in [0.15, 0.2) is 24.3 Å². The Hall–Kier alpha value is -2.37. The number of benzene rings is 1. The molecule has 1 saturated heterocycles. The molecule has 0 saturated carbocycles. The van der Waals surface area contributed by atoms with Gasteiger partial charge in [0.05, 0.1) is 17.5 Å². The Balaban J connectivity index is 2.18. The van der Waals surface area contributed by atoms with Gasteiger partial charge in [0.2, 0.25) is 11.9 Å². The molecular formula is C12H12N4O2. The number of rotatable bonds is 1. The average Bonchev–Trinajstić information content (AvgIpc) is 2.80. The van der Waals surface area contributed by atoms with E-state index < -0.39 is 6.04 Å². The van der Waals surface area contributed by atoms with Gasteiger partial charge in [0.1, 0.15) is 6.04 Å². The lowest BCUT2D eigenvalue weighted by Gasteiger charge is -2.12. The van der Waals surface area contributed by atoms with Crippen LogP contribution >= 0.6 is 0 Å². The van der Waals surface area contributed by atoms with Crippen LogP contribution in [0.2, 0.25) is 0 Å². The van der Waals surface area contributed by atoms with E-state index in [0.717, 1.165) is 15.9 Å². The molecule has 2 aromatic rings. The summed E-state index contributed by atoms with van der Waals surface area (Å²) in [7, 11) is 1.49. The fourth-order valence-corrected chi connectivity index (χ4v) is 2.33. The maximum atomic E-state index is 12.0. The lowest BCUT2D eigenvalue weighted by Crippen LogP contribution is -2.27. The number of aromatic nitrogens is 2. The predicted octanol–water partition coefficient (Wildman–Crippen LogP) is 0.548. The van der Waals surface area contributed by atoms with Crippen LogP contribution in [0, 0.1) is 0 Å². The number of imidazole rings is 1. The molecule has 92 valence electrons. The third kappa shape index (κ3) is 1.32. The number of likely N-dealkylation sites (tertiary alicyclic amines) is 1. The Morgan fingerprint density at radius 3 is 2.72 bits per heavy atom. The lowest BCUT2D eigenvalue weighted by molar-refractivity contribution is -0.137.